The molecule has 0 heterocycles. The molecule has 0 spiro atoms. The van der Waals surface area contributed by atoms with E-state index in [9.17, 15) is 4.39 Å². The number of rotatable bonds is 9. The molecule has 0 amide bonds. The first-order valence-corrected chi connectivity index (χ1v) is 9.65. The Morgan fingerprint density at radius 3 is 2.23 bits per heavy atom. The summed E-state index contributed by atoms with van der Waals surface area (Å²) in [6, 6.07) is 8.16. The number of methoxy groups -OCH3 is 3. The summed E-state index contributed by atoms with van der Waals surface area (Å²) in [6.07, 6.45) is 0.647. The SMILES string of the molecule is CCNC(=NCc1cc(OC)c(OC)c(OC)c1)NCCc1ccc(F)cc1Cl.I. The fourth-order valence-corrected chi connectivity index (χ4v) is 3.04. The zero-order valence-electron chi connectivity index (χ0n) is 17.6. The van der Waals surface area contributed by atoms with Crippen LogP contribution in [0, 0.1) is 5.82 Å². The summed E-state index contributed by atoms with van der Waals surface area (Å²) in [5.74, 6) is 2.04. The second kappa shape index (κ2) is 13.4. The minimum Gasteiger partial charge on any atom is -0.493 e. The lowest BCUT2D eigenvalue weighted by Crippen LogP contribution is -2.38. The van der Waals surface area contributed by atoms with Gasteiger partial charge < -0.3 is 24.8 Å². The molecule has 6 nitrogen and oxygen atoms in total. The Morgan fingerprint density at radius 1 is 1.03 bits per heavy atom. The van der Waals surface area contributed by atoms with Crippen LogP contribution in [0.25, 0.3) is 0 Å². The van der Waals surface area contributed by atoms with Crippen molar-refractivity contribution in [3.8, 4) is 17.2 Å². The second-order valence-electron chi connectivity index (χ2n) is 6.14. The monoisotopic (exact) mass is 551 g/mol. The van der Waals surface area contributed by atoms with Gasteiger partial charge in [0.15, 0.2) is 17.5 Å². The van der Waals surface area contributed by atoms with Crippen molar-refractivity contribution in [1.29, 1.82) is 0 Å². The Balaban J connectivity index is 0.00000450. The molecule has 0 saturated carbocycles. The van der Waals surface area contributed by atoms with Crippen molar-refractivity contribution in [2.24, 2.45) is 4.99 Å². The Bertz CT molecular complexity index is 827. The Labute approximate surface area is 199 Å². The van der Waals surface area contributed by atoms with Crippen molar-refractivity contribution in [3.63, 3.8) is 0 Å². The van der Waals surface area contributed by atoms with E-state index in [2.05, 4.69) is 15.6 Å². The highest BCUT2D eigenvalue weighted by molar-refractivity contribution is 14.0. The summed E-state index contributed by atoms with van der Waals surface area (Å²) in [4.78, 5) is 4.61. The highest BCUT2D eigenvalue weighted by atomic mass is 127. The molecule has 0 atom stereocenters. The van der Waals surface area contributed by atoms with E-state index < -0.39 is 0 Å². The minimum absolute atomic E-state index is 0. The molecule has 0 bridgehead atoms. The second-order valence-corrected chi connectivity index (χ2v) is 6.55. The summed E-state index contributed by atoms with van der Waals surface area (Å²) in [6.45, 7) is 3.74. The van der Waals surface area contributed by atoms with Gasteiger partial charge in [-0.1, -0.05) is 17.7 Å². The van der Waals surface area contributed by atoms with Gasteiger partial charge in [-0.2, -0.15) is 0 Å². The number of benzene rings is 2. The normalized spacial score (nSPS) is 10.8. The first-order valence-electron chi connectivity index (χ1n) is 9.27. The molecule has 2 aromatic carbocycles. The van der Waals surface area contributed by atoms with Gasteiger partial charge >= 0.3 is 0 Å². The number of nitrogens with zero attached hydrogens (tertiary/aromatic N) is 1. The molecule has 0 radical (unpaired) electrons. The highest BCUT2D eigenvalue weighted by Crippen LogP contribution is 2.38. The third-order valence-corrected chi connectivity index (χ3v) is 4.54. The molecule has 0 unspecified atom stereocenters. The number of halogens is 3. The number of hydrogen-bond acceptors (Lipinski definition) is 4. The maximum absolute atomic E-state index is 13.2. The van der Waals surface area contributed by atoms with E-state index in [0.29, 0.717) is 47.7 Å². The van der Waals surface area contributed by atoms with E-state index in [4.69, 9.17) is 25.8 Å². The maximum Gasteiger partial charge on any atom is 0.203 e. The van der Waals surface area contributed by atoms with Gasteiger partial charge in [0.1, 0.15) is 5.82 Å². The van der Waals surface area contributed by atoms with Gasteiger partial charge in [0, 0.05) is 18.1 Å². The molecule has 0 fully saturated rings. The van der Waals surface area contributed by atoms with Gasteiger partial charge in [0.25, 0.3) is 0 Å². The highest BCUT2D eigenvalue weighted by Gasteiger charge is 2.13. The molecule has 9 heteroatoms. The van der Waals surface area contributed by atoms with Gasteiger partial charge in [-0.25, -0.2) is 9.38 Å². The quantitative estimate of drug-likeness (QED) is 0.274. The summed E-state index contributed by atoms with van der Waals surface area (Å²) in [7, 11) is 4.73. The topological polar surface area (TPSA) is 64.1 Å². The largest absolute Gasteiger partial charge is 0.493 e. The number of hydrogen-bond donors (Lipinski definition) is 2. The van der Waals surface area contributed by atoms with E-state index in [1.807, 2.05) is 19.1 Å². The predicted molar refractivity (Wildman–Crippen MR) is 129 cm³/mol. The maximum atomic E-state index is 13.2. The average Bonchev–Trinajstić information content (AvgIpc) is 2.72. The van der Waals surface area contributed by atoms with Gasteiger partial charge in [-0.3, -0.25) is 0 Å². The summed E-state index contributed by atoms with van der Waals surface area (Å²) in [5, 5.41) is 6.88. The Kier molecular flexibility index (Phi) is 11.6. The van der Waals surface area contributed by atoms with Crippen LogP contribution >= 0.6 is 35.6 Å². The molecule has 2 aromatic rings. The van der Waals surface area contributed by atoms with Crippen LogP contribution in [-0.4, -0.2) is 40.4 Å². The molecular formula is C21H28ClFIN3O3. The summed E-state index contributed by atoms with van der Waals surface area (Å²) >= 11 is 6.08. The molecule has 0 saturated heterocycles. The van der Waals surface area contributed by atoms with Crippen LogP contribution < -0.4 is 24.8 Å². The van der Waals surface area contributed by atoms with Crippen LogP contribution in [0.2, 0.25) is 5.02 Å². The third kappa shape index (κ3) is 7.39. The van der Waals surface area contributed by atoms with Crippen molar-refractivity contribution in [2.45, 2.75) is 19.9 Å². The van der Waals surface area contributed by atoms with Crippen molar-refractivity contribution in [2.75, 3.05) is 34.4 Å². The standard InChI is InChI=1S/C21H27ClFN3O3.HI/c1-5-24-21(25-9-8-15-6-7-16(23)12-17(15)22)26-13-14-10-18(27-2)20(29-4)19(11-14)28-3;/h6-7,10-12H,5,8-9,13H2,1-4H3,(H2,24,25,26);1H. The van der Waals surface area contributed by atoms with Crippen LogP contribution in [-0.2, 0) is 13.0 Å². The van der Waals surface area contributed by atoms with Gasteiger partial charge in [0.2, 0.25) is 5.75 Å². The first-order chi connectivity index (χ1) is 14.0. The first kappa shape index (κ1) is 26.1. The Hall–Kier alpha value is -1.94. The lowest BCUT2D eigenvalue weighted by atomic mass is 10.1. The molecule has 0 aromatic heterocycles. The van der Waals surface area contributed by atoms with E-state index in [1.165, 1.54) is 12.1 Å². The van der Waals surface area contributed by atoms with Gasteiger partial charge in [-0.15, -0.1) is 24.0 Å². The lowest BCUT2D eigenvalue weighted by molar-refractivity contribution is 0.324. The zero-order chi connectivity index (χ0) is 21.2. The van der Waals surface area contributed by atoms with E-state index in [-0.39, 0.29) is 29.8 Å². The van der Waals surface area contributed by atoms with Crippen LogP contribution in [0.3, 0.4) is 0 Å². The Morgan fingerprint density at radius 2 is 1.70 bits per heavy atom. The number of guanidine groups is 1. The number of nitrogens with one attached hydrogen (secondary N) is 2. The van der Waals surface area contributed by atoms with Gasteiger partial charge in [-0.05, 0) is 48.7 Å². The van der Waals surface area contributed by atoms with E-state index in [0.717, 1.165) is 17.7 Å². The predicted octanol–water partition coefficient (Wildman–Crippen LogP) is 4.42. The molecule has 166 valence electrons. The van der Waals surface area contributed by atoms with Crippen molar-refractivity contribution in [3.05, 3.63) is 52.3 Å². The minimum atomic E-state index is -0.341. The molecule has 30 heavy (non-hydrogen) atoms. The zero-order valence-corrected chi connectivity index (χ0v) is 20.6. The molecule has 0 aliphatic heterocycles. The molecule has 2 rings (SSSR count). The lowest BCUT2D eigenvalue weighted by Gasteiger charge is -2.14. The molecular weight excluding hydrogens is 524 g/mol. The van der Waals surface area contributed by atoms with Crippen molar-refractivity contribution in [1.82, 2.24) is 10.6 Å². The number of aliphatic imine (C=N–C) groups is 1. The van der Waals surface area contributed by atoms with Crippen molar-refractivity contribution < 1.29 is 18.6 Å². The smallest absolute Gasteiger partial charge is 0.203 e. The number of ether oxygens (including phenoxy) is 3. The fourth-order valence-electron chi connectivity index (χ4n) is 2.78. The van der Waals surface area contributed by atoms with Crippen molar-refractivity contribution >= 4 is 41.5 Å². The van der Waals surface area contributed by atoms with E-state index in [1.54, 1.807) is 27.4 Å². The van der Waals surface area contributed by atoms with Crippen LogP contribution in [0.1, 0.15) is 18.1 Å². The van der Waals surface area contributed by atoms with E-state index >= 15 is 0 Å². The summed E-state index contributed by atoms with van der Waals surface area (Å²) in [5.41, 5.74) is 1.79. The van der Waals surface area contributed by atoms with Gasteiger partial charge in [0.05, 0.1) is 27.9 Å². The van der Waals surface area contributed by atoms with Crippen LogP contribution in [0.15, 0.2) is 35.3 Å². The third-order valence-electron chi connectivity index (χ3n) is 4.19. The molecule has 0 aliphatic rings. The fraction of sp³-hybridized carbons (Fsp3) is 0.381. The van der Waals surface area contributed by atoms with Crippen LogP contribution in [0.4, 0.5) is 4.39 Å². The summed E-state index contributed by atoms with van der Waals surface area (Å²) < 4.78 is 29.3. The molecule has 0 aliphatic carbocycles. The van der Waals surface area contributed by atoms with Crippen LogP contribution in [0.5, 0.6) is 17.2 Å². The average molecular weight is 552 g/mol. The molecule has 2 N–H and O–H groups in total.